The molecule has 1 unspecified atom stereocenters. The van der Waals surface area contributed by atoms with Gasteiger partial charge in [0.05, 0.1) is 12.5 Å². The second-order valence-electron chi connectivity index (χ2n) is 5.94. The van der Waals surface area contributed by atoms with Crippen LogP contribution in [0, 0.1) is 5.92 Å². The Kier molecular flexibility index (Phi) is 7.41. The largest absolute Gasteiger partial charge is 0.343 e. The number of hydrogen-bond donors (Lipinski definition) is 3. The molecule has 0 radical (unpaired) electrons. The maximum Gasteiger partial charge on any atom is 0.249 e. The predicted molar refractivity (Wildman–Crippen MR) is 88.4 cm³/mol. The van der Waals surface area contributed by atoms with E-state index in [-0.39, 0.29) is 12.5 Å². The average molecular weight is 319 g/mol. The van der Waals surface area contributed by atoms with Crippen LogP contribution in [0.15, 0.2) is 30.3 Å². The fraction of sp³-hybridized carbons (Fsp3) is 0.471. The van der Waals surface area contributed by atoms with Crippen molar-refractivity contribution in [1.29, 1.82) is 0 Å². The molecular weight excluding hydrogens is 294 g/mol. The van der Waals surface area contributed by atoms with Crippen LogP contribution in [0.5, 0.6) is 0 Å². The first-order valence-electron chi connectivity index (χ1n) is 7.74. The van der Waals surface area contributed by atoms with E-state index < -0.39 is 29.7 Å². The van der Waals surface area contributed by atoms with Gasteiger partial charge >= 0.3 is 0 Å². The molecule has 0 saturated heterocycles. The van der Waals surface area contributed by atoms with Crippen molar-refractivity contribution in [3.8, 4) is 0 Å². The standard InChI is InChI=1S/C17H25N3O3/c1-11(2)9-14(19-15(21)10-18)17(23)20-16(22)12(3)13-7-5-4-6-8-13/h4-8,11-12,14H,9-10,18H2,1-3H3,(H,19,21)(H,20,22,23)/t12?,14-/m0/s1. The lowest BCUT2D eigenvalue weighted by atomic mass is 9.99. The molecule has 0 saturated carbocycles. The Balaban J connectivity index is 2.72. The molecule has 126 valence electrons. The molecule has 0 aliphatic rings. The van der Waals surface area contributed by atoms with E-state index in [1.165, 1.54) is 0 Å². The van der Waals surface area contributed by atoms with Crippen molar-refractivity contribution in [3.63, 3.8) is 0 Å². The minimum absolute atomic E-state index is 0.186. The van der Waals surface area contributed by atoms with Crippen LogP contribution in [0.4, 0.5) is 0 Å². The number of benzene rings is 1. The Hall–Kier alpha value is -2.21. The van der Waals surface area contributed by atoms with Gasteiger partial charge in [0, 0.05) is 0 Å². The minimum Gasteiger partial charge on any atom is -0.343 e. The first-order valence-corrected chi connectivity index (χ1v) is 7.74. The molecule has 1 aromatic carbocycles. The minimum atomic E-state index is -0.766. The highest BCUT2D eigenvalue weighted by Gasteiger charge is 2.25. The highest BCUT2D eigenvalue weighted by molar-refractivity contribution is 6.01. The lowest BCUT2D eigenvalue weighted by Crippen LogP contribution is -2.51. The average Bonchev–Trinajstić information content (AvgIpc) is 2.53. The maximum atomic E-state index is 12.3. The van der Waals surface area contributed by atoms with Crippen LogP contribution in [0.25, 0.3) is 0 Å². The van der Waals surface area contributed by atoms with Crippen LogP contribution in [0.1, 0.15) is 38.7 Å². The van der Waals surface area contributed by atoms with Crippen LogP contribution in [-0.4, -0.2) is 30.3 Å². The second kappa shape index (κ2) is 9.05. The Bertz CT molecular complexity index is 543. The van der Waals surface area contributed by atoms with Gasteiger partial charge in [-0.25, -0.2) is 0 Å². The molecule has 0 aliphatic carbocycles. The first-order chi connectivity index (χ1) is 10.8. The zero-order chi connectivity index (χ0) is 17.4. The summed E-state index contributed by atoms with van der Waals surface area (Å²) in [6.45, 7) is 5.40. The molecule has 0 spiro atoms. The van der Waals surface area contributed by atoms with Gasteiger partial charge in [0.1, 0.15) is 6.04 Å². The topological polar surface area (TPSA) is 101 Å². The van der Waals surface area contributed by atoms with E-state index in [2.05, 4.69) is 10.6 Å². The summed E-state index contributed by atoms with van der Waals surface area (Å²) in [5.41, 5.74) is 6.09. The van der Waals surface area contributed by atoms with E-state index in [0.29, 0.717) is 6.42 Å². The van der Waals surface area contributed by atoms with Gasteiger partial charge in [0.15, 0.2) is 0 Å². The zero-order valence-corrected chi connectivity index (χ0v) is 13.8. The van der Waals surface area contributed by atoms with E-state index >= 15 is 0 Å². The van der Waals surface area contributed by atoms with E-state index in [1.807, 2.05) is 44.2 Å². The fourth-order valence-corrected chi connectivity index (χ4v) is 2.17. The number of nitrogens with two attached hydrogens (primary N) is 1. The van der Waals surface area contributed by atoms with Crippen molar-refractivity contribution in [3.05, 3.63) is 35.9 Å². The van der Waals surface area contributed by atoms with E-state index in [1.54, 1.807) is 6.92 Å². The molecule has 6 nitrogen and oxygen atoms in total. The van der Waals surface area contributed by atoms with Gasteiger partial charge in [-0.05, 0) is 24.8 Å². The molecule has 0 fully saturated rings. The summed E-state index contributed by atoms with van der Waals surface area (Å²) in [6.07, 6.45) is 0.435. The Labute approximate surface area is 136 Å². The van der Waals surface area contributed by atoms with Gasteiger partial charge in [-0.1, -0.05) is 44.2 Å². The Morgan fingerprint density at radius 3 is 2.17 bits per heavy atom. The number of carbonyl (C=O) groups is 3. The van der Waals surface area contributed by atoms with Crippen molar-refractivity contribution in [2.24, 2.45) is 11.7 Å². The third kappa shape index (κ3) is 6.20. The fourth-order valence-electron chi connectivity index (χ4n) is 2.17. The summed E-state index contributed by atoms with van der Waals surface area (Å²) in [5, 5.41) is 4.93. The van der Waals surface area contributed by atoms with Gasteiger partial charge in [0.25, 0.3) is 0 Å². The first kappa shape index (κ1) is 18.8. The summed E-state index contributed by atoms with van der Waals surface area (Å²) in [7, 11) is 0. The molecule has 1 aromatic rings. The van der Waals surface area contributed by atoms with Gasteiger partial charge in [-0.2, -0.15) is 0 Å². The maximum absolute atomic E-state index is 12.3. The van der Waals surface area contributed by atoms with Crippen LogP contribution in [0.3, 0.4) is 0 Å². The number of carbonyl (C=O) groups excluding carboxylic acids is 3. The normalized spacial score (nSPS) is 13.3. The molecule has 0 bridgehead atoms. The molecule has 23 heavy (non-hydrogen) atoms. The number of hydrogen-bond acceptors (Lipinski definition) is 4. The lowest BCUT2D eigenvalue weighted by molar-refractivity contribution is -0.134. The van der Waals surface area contributed by atoms with Crippen LogP contribution >= 0.6 is 0 Å². The SMILES string of the molecule is CC(C)C[C@H](NC(=O)CN)C(=O)NC(=O)C(C)c1ccccc1. The molecular formula is C17H25N3O3. The van der Waals surface area contributed by atoms with Gasteiger partial charge < -0.3 is 11.1 Å². The third-order valence-corrected chi connectivity index (χ3v) is 3.48. The summed E-state index contributed by atoms with van der Waals surface area (Å²) < 4.78 is 0. The van der Waals surface area contributed by atoms with Gasteiger partial charge in [-0.3, -0.25) is 19.7 Å². The van der Waals surface area contributed by atoms with Crippen LogP contribution in [-0.2, 0) is 14.4 Å². The van der Waals surface area contributed by atoms with Crippen molar-refractivity contribution >= 4 is 17.7 Å². The van der Waals surface area contributed by atoms with Crippen molar-refractivity contribution in [2.75, 3.05) is 6.54 Å². The smallest absolute Gasteiger partial charge is 0.249 e. The van der Waals surface area contributed by atoms with E-state index in [0.717, 1.165) is 5.56 Å². The van der Waals surface area contributed by atoms with Crippen molar-refractivity contribution < 1.29 is 14.4 Å². The summed E-state index contributed by atoms with van der Waals surface area (Å²) in [6, 6.07) is 8.43. The molecule has 4 N–H and O–H groups in total. The lowest BCUT2D eigenvalue weighted by Gasteiger charge is -2.20. The number of imide groups is 1. The summed E-state index contributed by atoms with van der Waals surface area (Å²) in [4.78, 5) is 36.0. The highest BCUT2D eigenvalue weighted by Crippen LogP contribution is 2.14. The molecule has 6 heteroatoms. The summed E-state index contributed by atoms with van der Waals surface area (Å²) in [5.74, 6) is -1.59. The predicted octanol–water partition coefficient (Wildman–Crippen LogP) is 0.923. The van der Waals surface area contributed by atoms with Crippen LogP contribution in [0.2, 0.25) is 0 Å². The summed E-state index contributed by atoms with van der Waals surface area (Å²) >= 11 is 0. The Morgan fingerprint density at radius 2 is 1.65 bits per heavy atom. The highest BCUT2D eigenvalue weighted by atomic mass is 16.2. The number of nitrogens with one attached hydrogen (secondary N) is 2. The molecule has 0 aliphatic heterocycles. The van der Waals surface area contributed by atoms with E-state index in [9.17, 15) is 14.4 Å². The molecule has 1 rings (SSSR count). The van der Waals surface area contributed by atoms with Gasteiger partial charge in [0.2, 0.25) is 17.7 Å². The molecule has 2 atom stereocenters. The van der Waals surface area contributed by atoms with Crippen molar-refractivity contribution in [2.45, 2.75) is 39.2 Å². The number of amides is 3. The zero-order valence-electron chi connectivity index (χ0n) is 13.8. The van der Waals surface area contributed by atoms with Crippen molar-refractivity contribution in [1.82, 2.24) is 10.6 Å². The third-order valence-electron chi connectivity index (χ3n) is 3.48. The monoisotopic (exact) mass is 319 g/mol. The second-order valence-corrected chi connectivity index (χ2v) is 5.94. The van der Waals surface area contributed by atoms with E-state index in [4.69, 9.17) is 5.73 Å². The van der Waals surface area contributed by atoms with Crippen LogP contribution < -0.4 is 16.4 Å². The molecule has 0 heterocycles. The van der Waals surface area contributed by atoms with Gasteiger partial charge in [-0.15, -0.1) is 0 Å². The molecule has 3 amide bonds. The number of rotatable bonds is 7. The quantitative estimate of drug-likeness (QED) is 0.695. The molecule has 0 aromatic heterocycles. The Morgan fingerprint density at radius 1 is 1.04 bits per heavy atom.